The highest BCUT2D eigenvalue weighted by Crippen LogP contribution is 2.10. The maximum atomic E-state index is 5.75. The molecule has 2 nitrogen and oxygen atoms in total. The van der Waals surface area contributed by atoms with Gasteiger partial charge in [0.25, 0.3) is 0 Å². The van der Waals surface area contributed by atoms with Crippen molar-refractivity contribution in [2.24, 2.45) is 11.7 Å². The summed E-state index contributed by atoms with van der Waals surface area (Å²) in [5, 5.41) is 0. The Bertz CT molecular complexity index is 280. The van der Waals surface area contributed by atoms with Crippen molar-refractivity contribution in [1.82, 2.24) is 4.90 Å². The second-order valence-electron chi connectivity index (χ2n) is 4.65. The summed E-state index contributed by atoms with van der Waals surface area (Å²) in [5.74, 6) is 0.680. The summed E-state index contributed by atoms with van der Waals surface area (Å²) in [6.07, 6.45) is 2.41. The smallest absolute Gasteiger partial charge is 0.0233 e. The minimum atomic E-state index is 0.680. The van der Waals surface area contributed by atoms with Crippen molar-refractivity contribution in [1.29, 1.82) is 0 Å². The molecule has 2 heteroatoms. The molecule has 0 amide bonds. The molecule has 2 N–H and O–H groups in total. The van der Waals surface area contributed by atoms with E-state index in [1.54, 1.807) is 0 Å². The van der Waals surface area contributed by atoms with E-state index in [9.17, 15) is 0 Å². The fourth-order valence-electron chi connectivity index (χ4n) is 2.04. The van der Waals surface area contributed by atoms with Crippen LogP contribution in [0.3, 0.4) is 0 Å². The molecule has 0 saturated carbocycles. The van der Waals surface area contributed by atoms with Crippen LogP contribution in [-0.4, -0.2) is 24.5 Å². The molecule has 0 spiro atoms. The van der Waals surface area contributed by atoms with Crippen LogP contribution in [0.25, 0.3) is 0 Å². The lowest BCUT2D eigenvalue weighted by atomic mass is 10.0. The van der Waals surface area contributed by atoms with Crippen molar-refractivity contribution in [3.05, 3.63) is 35.9 Å². The molecule has 0 aliphatic carbocycles. The number of benzene rings is 1. The van der Waals surface area contributed by atoms with Gasteiger partial charge in [-0.1, -0.05) is 50.6 Å². The van der Waals surface area contributed by atoms with Crippen LogP contribution in [0, 0.1) is 5.92 Å². The molecule has 0 aliphatic heterocycles. The molecule has 17 heavy (non-hydrogen) atoms. The van der Waals surface area contributed by atoms with Gasteiger partial charge in [-0.3, -0.25) is 4.90 Å². The van der Waals surface area contributed by atoms with Gasteiger partial charge in [0, 0.05) is 6.54 Å². The predicted molar refractivity (Wildman–Crippen MR) is 74.8 cm³/mol. The SMILES string of the molecule is CCC(CN)CCN(CC)Cc1ccccc1. The Morgan fingerprint density at radius 1 is 1.18 bits per heavy atom. The lowest BCUT2D eigenvalue weighted by molar-refractivity contribution is 0.254. The molecule has 0 aromatic heterocycles. The number of hydrogen-bond acceptors (Lipinski definition) is 2. The first-order valence-electron chi connectivity index (χ1n) is 6.76. The molecule has 0 aliphatic rings. The molecule has 1 aromatic carbocycles. The topological polar surface area (TPSA) is 29.3 Å². The summed E-state index contributed by atoms with van der Waals surface area (Å²) < 4.78 is 0. The second kappa shape index (κ2) is 8.26. The third kappa shape index (κ3) is 5.33. The van der Waals surface area contributed by atoms with Gasteiger partial charge in [-0.05, 0) is 37.5 Å². The van der Waals surface area contributed by atoms with E-state index in [4.69, 9.17) is 5.73 Å². The van der Waals surface area contributed by atoms with Crippen LogP contribution in [-0.2, 0) is 6.54 Å². The molecule has 0 fully saturated rings. The first kappa shape index (κ1) is 14.2. The van der Waals surface area contributed by atoms with Crippen molar-refractivity contribution in [3.8, 4) is 0 Å². The fourth-order valence-corrected chi connectivity index (χ4v) is 2.04. The normalized spacial score (nSPS) is 12.9. The van der Waals surface area contributed by atoms with Crippen LogP contribution in [0.5, 0.6) is 0 Å². The molecule has 0 saturated heterocycles. The van der Waals surface area contributed by atoms with E-state index < -0.39 is 0 Å². The lowest BCUT2D eigenvalue weighted by Gasteiger charge is -2.23. The molecule has 0 radical (unpaired) electrons. The predicted octanol–water partition coefficient (Wildman–Crippen LogP) is 2.88. The van der Waals surface area contributed by atoms with E-state index in [0.29, 0.717) is 5.92 Å². The number of nitrogens with two attached hydrogens (primary N) is 1. The highest BCUT2D eigenvalue weighted by atomic mass is 15.1. The maximum Gasteiger partial charge on any atom is 0.0233 e. The van der Waals surface area contributed by atoms with E-state index >= 15 is 0 Å². The standard InChI is InChI=1S/C15H26N2/c1-3-14(12-16)10-11-17(4-2)13-15-8-6-5-7-9-15/h5-9,14H,3-4,10-13,16H2,1-2H3. The third-order valence-electron chi connectivity index (χ3n) is 3.46. The Labute approximate surface area is 106 Å². The van der Waals surface area contributed by atoms with Crippen LogP contribution in [0.15, 0.2) is 30.3 Å². The van der Waals surface area contributed by atoms with Crippen molar-refractivity contribution in [2.75, 3.05) is 19.6 Å². The molecular weight excluding hydrogens is 208 g/mol. The lowest BCUT2D eigenvalue weighted by Crippen LogP contribution is -2.27. The summed E-state index contributed by atoms with van der Waals surface area (Å²) in [6, 6.07) is 10.7. The third-order valence-corrected chi connectivity index (χ3v) is 3.46. The van der Waals surface area contributed by atoms with Crippen molar-refractivity contribution in [2.45, 2.75) is 33.2 Å². The highest BCUT2D eigenvalue weighted by molar-refractivity contribution is 5.14. The molecule has 96 valence electrons. The average molecular weight is 234 g/mol. The minimum Gasteiger partial charge on any atom is -0.330 e. The number of hydrogen-bond donors (Lipinski definition) is 1. The summed E-state index contributed by atoms with van der Waals surface area (Å²) >= 11 is 0. The van der Waals surface area contributed by atoms with Gasteiger partial charge in [0.2, 0.25) is 0 Å². The van der Waals surface area contributed by atoms with Crippen LogP contribution in [0.2, 0.25) is 0 Å². The van der Waals surface area contributed by atoms with Gasteiger partial charge in [0.1, 0.15) is 0 Å². The van der Waals surface area contributed by atoms with Gasteiger partial charge in [-0.25, -0.2) is 0 Å². The van der Waals surface area contributed by atoms with Crippen molar-refractivity contribution < 1.29 is 0 Å². The van der Waals surface area contributed by atoms with Crippen molar-refractivity contribution in [3.63, 3.8) is 0 Å². The Morgan fingerprint density at radius 3 is 2.41 bits per heavy atom. The molecule has 1 atom stereocenters. The fraction of sp³-hybridized carbons (Fsp3) is 0.600. The zero-order valence-electron chi connectivity index (χ0n) is 11.2. The van der Waals surface area contributed by atoms with Crippen molar-refractivity contribution >= 4 is 0 Å². The maximum absolute atomic E-state index is 5.75. The van der Waals surface area contributed by atoms with Crippen LogP contribution in [0.4, 0.5) is 0 Å². The Hall–Kier alpha value is -0.860. The Morgan fingerprint density at radius 2 is 1.88 bits per heavy atom. The van der Waals surface area contributed by atoms with Gasteiger partial charge in [-0.2, -0.15) is 0 Å². The van der Waals surface area contributed by atoms with Gasteiger partial charge in [0.05, 0.1) is 0 Å². The summed E-state index contributed by atoms with van der Waals surface area (Å²) in [4.78, 5) is 2.49. The zero-order chi connectivity index (χ0) is 12.5. The summed E-state index contributed by atoms with van der Waals surface area (Å²) in [7, 11) is 0. The highest BCUT2D eigenvalue weighted by Gasteiger charge is 2.08. The quantitative estimate of drug-likeness (QED) is 0.749. The van der Waals surface area contributed by atoms with Crippen LogP contribution in [0.1, 0.15) is 32.3 Å². The Kier molecular flexibility index (Phi) is 6.90. The summed E-state index contributed by atoms with van der Waals surface area (Å²) in [6.45, 7) is 8.59. The molecule has 1 unspecified atom stereocenters. The summed E-state index contributed by atoms with van der Waals surface area (Å²) in [5.41, 5.74) is 7.14. The molecule has 1 rings (SSSR count). The van der Waals surface area contributed by atoms with E-state index in [1.165, 1.54) is 18.4 Å². The molecule has 0 heterocycles. The molecular formula is C15H26N2. The van der Waals surface area contributed by atoms with Crippen LogP contribution >= 0.6 is 0 Å². The Balaban J connectivity index is 2.38. The largest absolute Gasteiger partial charge is 0.330 e. The first-order chi connectivity index (χ1) is 8.30. The monoisotopic (exact) mass is 234 g/mol. The molecule has 1 aromatic rings. The van der Waals surface area contributed by atoms with E-state index in [0.717, 1.165) is 26.2 Å². The van der Waals surface area contributed by atoms with Gasteiger partial charge in [0.15, 0.2) is 0 Å². The zero-order valence-corrected chi connectivity index (χ0v) is 11.2. The van der Waals surface area contributed by atoms with Crippen LogP contribution < -0.4 is 5.73 Å². The van der Waals surface area contributed by atoms with Gasteiger partial charge >= 0.3 is 0 Å². The average Bonchev–Trinajstić information content (AvgIpc) is 2.39. The minimum absolute atomic E-state index is 0.680. The number of nitrogens with zero attached hydrogens (tertiary/aromatic N) is 1. The van der Waals surface area contributed by atoms with E-state index in [1.807, 2.05) is 0 Å². The van der Waals surface area contributed by atoms with Gasteiger partial charge < -0.3 is 5.73 Å². The number of rotatable bonds is 8. The van der Waals surface area contributed by atoms with E-state index in [2.05, 4.69) is 49.1 Å². The van der Waals surface area contributed by atoms with Gasteiger partial charge in [-0.15, -0.1) is 0 Å². The first-order valence-corrected chi connectivity index (χ1v) is 6.76. The molecule has 0 bridgehead atoms. The second-order valence-corrected chi connectivity index (χ2v) is 4.65. The van der Waals surface area contributed by atoms with E-state index in [-0.39, 0.29) is 0 Å².